The predicted octanol–water partition coefficient (Wildman–Crippen LogP) is 3.54. The van der Waals surface area contributed by atoms with Crippen LogP contribution in [-0.2, 0) is 14.8 Å². The largest absolute Gasteiger partial charge is 0.495 e. The highest BCUT2D eigenvalue weighted by Crippen LogP contribution is 2.32. The van der Waals surface area contributed by atoms with E-state index < -0.39 is 28.3 Å². The van der Waals surface area contributed by atoms with Crippen molar-refractivity contribution in [2.75, 3.05) is 23.3 Å². The van der Waals surface area contributed by atoms with Crippen LogP contribution in [0.2, 0.25) is 0 Å². The number of benzene rings is 3. The molecular weight excluding hydrogens is 421 g/mol. The molecule has 9 heteroatoms. The van der Waals surface area contributed by atoms with Gasteiger partial charge in [0, 0.05) is 5.69 Å². The molecule has 0 saturated heterocycles. The fraction of sp³-hybridized carbons (Fsp3) is 0.0909. The van der Waals surface area contributed by atoms with Crippen molar-refractivity contribution in [1.29, 1.82) is 5.26 Å². The number of nitrogens with zero attached hydrogens (tertiary/aromatic N) is 2. The molecule has 0 aliphatic carbocycles. The van der Waals surface area contributed by atoms with Gasteiger partial charge in [-0.2, -0.15) is 5.26 Å². The van der Waals surface area contributed by atoms with Gasteiger partial charge in [0.25, 0.3) is 10.0 Å². The zero-order chi connectivity index (χ0) is 22.4. The molecular formula is C22H18FN3O4S. The molecule has 0 aliphatic rings. The first kappa shape index (κ1) is 21.8. The highest BCUT2D eigenvalue weighted by atomic mass is 32.2. The zero-order valence-corrected chi connectivity index (χ0v) is 17.3. The Balaban J connectivity index is 1.96. The summed E-state index contributed by atoms with van der Waals surface area (Å²) in [7, 11) is -2.83. The minimum atomic E-state index is -4.22. The molecule has 7 nitrogen and oxygen atoms in total. The summed E-state index contributed by atoms with van der Waals surface area (Å²) in [6, 6.07) is 18.8. The number of nitrogens with one attached hydrogen (secondary N) is 1. The quantitative estimate of drug-likeness (QED) is 0.607. The van der Waals surface area contributed by atoms with Gasteiger partial charge in [0.2, 0.25) is 5.91 Å². The molecule has 0 unspecified atom stereocenters. The number of amides is 1. The first-order valence-electron chi connectivity index (χ1n) is 9.06. The molecule has 158 valence electrons. The Labute approximate surface area is 179 Å². The van der Waals surface area contributed by atoms with Crippen LogP contribution in [0.25, 0.3) is 0 Å². The van der Waals surface area contributed by atoms with Gasteiger partial charge in [-0.05, 0) is 60.7 Å². The standard InChI is InChI=1S/C22H18FN3O4S/c1-30-21-5-3-2-4-20(21)26(31(28,29)19-12-8-17(23)9-13-19)15-22(27)25-18-10-6-16(14-24)7-11-18/h2-13H,15H2,1H3,(H,25,27). The van der Waals surface area contributed by atoms with Gasteiger partial charge in [0.15, 0.2) is 0 Å². The van der Waals surface area contributed by atoms with Gasteiger partial charge < -0.3 is 10.1 Å². The Hall–Kier alpha value is -3.90. The molecule has 3 aromatic rings. The Bertz CT molecular complexity index is 1220. The zero-order valence-electron chi connectivity index (χ0n) is 16.4. The van der Waals surface area contributed by atoms with Crippen molar-refractivity contribution >= 4 is 27.3 Å². The molecule has 1 amide bonds. The van der Waals surface area contributed by atoms with Gasteiger partial charge in [-0.15, -0.1) is 0 Å². The second-order valence-electron chi connectivity index (χ2n) is 6.37. The van der Waals surface area contributed by atoms with Crippen LogP contribution in [-0.4, -0.2) is 28.0 Å². The lowest BCUT2D eigenvalue weighted by molar-refractivity contribution is -0.114. The maximum Gasteiger partial charge on any atom is 0.264 e. The van der Waals surface area contributed by atoms with E-state index in [4.69, 9.17) is 10.00 Å². The fourth-order valence-electron chi connectivity index (χ4n) is 2.83. The number of carbonyl (C=O) groups is 1. The molecule has 31 heavy (non-hydrogen) atoms. The third kappa shape index (κ3) is 4.99. The fourth-order valence-corrected chi connectivity index (χ4v) is 4.26. The molecule has 0 spiro atoms. The SMILES string of the molecule is COc1ccccc1N(CC(=O)Nc1ccc(C#N)cc1)S(=O)(=O)c1ccc(F)cc1. The Morgan fingerprint density at radius 1 is 1.06 bits per heavy atom. The van der Waals surface area contributed by atoms with Crippen LogP contribution in [0, 0.1) is 17.1 Å². The van der Waals surface area contributed by atoms with E-state index in [9.17, 15) is 17.6 Å². The number of methoxy groups -OCH3 is 1. The number of nitriles is 1. The maximum atomic E-state index is 13.3. The van der Waals surface area contributed by atoms with Crippen molar-refractivity contribution in [3.05, 3.63) is 84.2 Å². The van der Waals surface area contributed by atoms with E-state index in [1.807, 2.05) is 6.07 Å². The predicted molar refractivity (Wildman–Crippen MR) is 114 cm³/mol. The number of hydrogen-bond donors (Lipinski definition) is 1. The van der Waals surface area contributed by atoms with Crippen LogP contribution in [0.4, 0.5) is 15.8 Å². The Morgan fingerprint density at radius 2 is 1.71 bits per heavy atom. The summed E-state index contributed by atoms with van der Waals surface area (Å²) >= 11 is 0. The van der Waals surface area contributed by atoms with Crippen LogP contribution >= 0.6 is 0 Å². The minimum Gasteiger partial charge on any atom is -0.495 e. The molecule has 0 fully saturated rings. The minimum absolute atomic E-state index is 0.157. The molecule has 0 bridgehead atoms. The summed E-state index contributed by atoms with van der Waals surface area (Å²) in [6.07, 6.45) is 0. The van der Waals surface area contributed by atoms with E-state index in [2.05, 4.69) is 5.32 Å². The summed E-state index contributed by atoms with van der Waals surface area (Å²) in [5.74, 6) is -0.943. The summed E-state index contributed by atoms with van der Waals surface area (Å²) in [6.45, 7) is -0.555. The number of halogens is 1. The average molecular weight is 439 g/mol. The van der Waals surface area contributed by atoms with E-state index >= 15 is 0 Å². The summed E-state index contributed by atoms with van der Waals surface area (Å²) in [5.41, 5.74) is 0.986. The number of para-hydroxylation sites is 2. The molecule has 0 aromatic heterocycles. The second-order valence-corrected chi connectivity index (χ2v) is 8.24. The van der Waals surface area contributed by atoms with Crippen LogP contribution in [0.3, 0.4) is 0 Å². The molecule has 3 aromatic carbocycles. The van der Waals surface area contributed by atoms with Crippen molar-refractivity contribution in [2.45, 2.75) is 4.90 Å². The number of rotatable bonds is 7. The van der Waals surface area contributed by atoms with Crippen LogP contribution in [0.15, 0.2) is 77.7 Å². The highest BCUT2D eigenvalue weighted by Gasteiger charge is 2.29. The van der Waals surface area contributed by atoms with Crippen molar-refractivity contribution in [3.63, 3.8) is 0 Å². The maximum absolute atomic E-state index is 13.3. The third-order valence-electron chi connectivity index (χ3n) is 4.34. The number of carbonyl (C=O) groups excluding carboxylic acids is 1. The van der Waals surface area contributed by atoms with E-state index in [0.717, 1.165) is 28.6 Å². The van der Waals surface area contributed by atoms with Gasteiger partial charge >= 0.3 is 0 Å². The van der Waals surface area contributed by atoms with Crippen molar-refractivity contribution in [3.8, 4) is 11.8 Å². The van der Waals surface area contributed by atoms with Gasteiger partial charge in [0.1, 0.15) is 18.1 Å². The molecule has 3 rings (SSSR count). The molecule has 0 atom stereocenters. The summed E-state index contributed by atoms with van der Waals surface area (Å²) in [4.78, 5) is 12.5. The molecule has 0 aliphatic heterocycles. The molecule has 0 radical (unpaired) electrons. The summed E-state index contributed by atoms with van der Waals surface area (Å²) in [5, 5.41) is 11.5. The lowest BCUT2D eigenvalue weighted by Crippen LogP contribution is -2.38. The number of ether oxygens (including phenoxy) is 1. The van der Waals surface area contributed by atoms with E-state index in [1.165, 1.54) is 25.3 Å². The monoisotopic (exact) mass is 439 g/mol. The Kier molecular flexibility index (Phi) is 6.52. The van der Waals surface area contributed by atoms with E-state index in [0.29, 0.717) is 11.3 Å². The lowest BCUT2D eigenvalue weighted by atomic mass is 10.2. The van der Waals surface area contributed by atoms with Gasteiger partial charge in [-0.3, -0.25) is 9.10 Å². The van der Waals surface area contributed by atoms with Crippen LogP contribution in [0.5, 0.6) is 5.75 Å². The molecule has 0 heterocycles. The molecule has 1 N–H and O–H groups in total. The number of hydrogen-bond acceptors (Lipinski definition) is 5. The van der Waals surface area contributed by atoms with Crippen molar-refractivity contribution in [1.82, 2.24) is 0 Å². The van der Waals surface area contributed by atoms with E-state index in [-0.39, 0.29) is 16.3 Å². The van der Waals surface area contributed by atoms with Gasteiger partial charge in [0.05, 0.1) is 29.3 Å². The first-order chi connectivity index (χ1) is 14.8. The Morgan fingerprint density at radius 3 is 2.32 bits per heavy atom. The summed E-state index contributed by atoms with van der Waals surface area (Å²) < 4.78 is 46.1. The molecule has 0 saturated carbocycles. The van der Waals surface area contributed by atoms with E-state index in [1.54, 1.807) is 30.3 Å². The van der Waals surface area contributed by atoms with Crippen LogP contribution < -0.4 is 14.4 Å². The second kappa shape index (κ2) is 9.28. The average Bonchev–Trinajstić information content (AvgIpc) is 2.78. The third-order valence-corrected chi connectivity index (χ3v) is 6.11. The van der Waals surface area contributed by atoms with Gasteiger partial charge in [-0.1, -0.05) is 12.1 Å². The van der Waals surface area contributed by atoms with Gasteiger partial charge in [-0.25, -0.2) is 12.8 Å². The number of anilines is 2. The number of sulfonamides is 1. The topological polar surface area (TPSA) is 99.5 Å². The first-order valence-corrected chi connectivity index (χ1v) is 10.5. The van der Waals surface area contributed by atoms with Crippen molar-refractivity contribution < 1.29 is 22.3 Å². The normalized spacial score (nSPS) is 10.7. The van der Waals surface area contributed by atoms with Crippen molar-refractivity contribution in [2.24, 2.45) is 0 Å². The smallest absolute Gasteiger partial charge is 0.264 e. The lowest BCUT2D eigenvalue weighted by Gasteiger charge is -2.25. The van der Waals surface area contributed by atoms with Crippen LogP contribution in [0.1, 0.15) is 5.56 Å². The highest BCUT2D eigenvalue weighted by molar-refractivity contribution is 7.92.